The van der Waals surface area contributed by atoms with Crippen molar-refractivity contribution in [3.8, 4) is 0 Å². The lowest BCUT2D eigenvalue weighted by atomic mass is 10.1. The Morgan fingerprint density at radius 1 is 1.05 bits per heavy atom. The van der Waals surface area contributed by atoms with E-state index >= 15 is 0 Å². The van der Waals surface area contributed by atoms with Crippen LogP contribution in [-0.4, -0.2) is 36.0 Å². The van der Waals surface area contributed by atoms with Crippen LogP contribution in [0.5, 0.6) is 0 Å². The quantitative estimate of drug-likeness (QED) is 0.314. The lowest BCUT2D eigenvalue weighted by Crippen LogP contribution is -2.39. The van der Waals surface area contributed by atoms with Gasteiger partial charge in [0.15, 0.2) is 0 Å². The van der Waals surface area contributed by atoms with Crippen molar-refractivity contribution < 1.29 is 14.0 Å². The summed E-state index contributed by atoms with van der Waals surface area (Å²) in [5.41, 5.74) is 4.74. The minimum Gasteiger partial charge on any atom is -0.378 e. The summed E-state index contributed by atoms with van der Waals surface area (Å²) in [6, 6.07) is 18.2. The van der Waals surface area contributed by atoms with Crippen LogP contribution in [0.3, 0.4) is 0 Å². The second-order valence-electron chi connectivity index (χ2n) is 9.12. The molecular formula is C28H26FN7O2. The third kappa shape index (κ3) is 5.24. The molecule has 0 spiro atoms. The average molecular weight is 512 g/mol. The highest BCUT2D eigenvalue weighted by Crippen LogP contribution is 2.31. The first-order chi connectivity index (χ1) is 18.3. The summed E-state index contributed by atoms with van der Waals surface area (Å²) in [5, 5.41) is 8.79. The predicted molar refractivity (Wildman–Crippen MR) is 147 cm³/mol. The van der Waals surface area contributed by atoms with Gasteiger partial charge in [-0.25, -0.2) is 14.2 Å². The maximum Gasteiger partial charge on any atom is 0.327 e. The number of rotatable bonds is 6. The van der Waals surface area contributed by atoms with Gasteiger partial charge in [-0.3, -0.25) is 15.0 Å². The molecule has 38 heavy (non-hydrogen) atoms. The van der Waals surface area contributed by atoms with Crippen LogP contribution in [0.25, 0.3) is 0 Å². The molecular weight excluding hydrogens is 485 g/mol. The van der Waals surface area contributed by atoms with Crippen molar-refractivity contribution >= 4 is 46.5 Å². The first-order valence-electron chi connectivity index (χ1n) is 11.9. The molecule has 9 nitrogen and oxygen atoms in total. The summed E-state index contributed by atoms with van der Waals surface area (Å²) in [6.07, 6.45) is 1.68. The summed E-state index contributed by atoms with van der Waals surface area (Å²) in [5.74, 6) is -0.141. The molecule has 4 aromatic rings. The van der Waals surface area contributed by atoms with Gasteiger partial charge < -0.3 is 15.5 Å². The minimum atomic E-state index is -0.492. The second-order valence-corrected chi connectivity index (χ2v) is 9.12. The van der Waals surface area contributed by atoms with E-state index < -0.39 is 11.7 Å². The van der Waals surface area contributed by atoms with Crippen LogP contribution in [0, 0.1) is 12.7 Å². The van der Waals surface area contributed by atoms with E-state index in [1.54, 1.807) is 23.2 Å². The monoisotopic (exact) mass is 511 g/mol. The zero-order valence-corrected chi connectivity index (χ0v) is 21.1. The predicted octanol–water partition coefficient (Wildman–Crippen LogP) is 5.54. The normalized spacial score (nSPS) is 12.4. The zero-order valence-electron chi connectivity index (χ0n) is 21.1. The number of nitrogens with one attached hydrogen (secondary N) is 3. The van der Waals surface area contributed by atoms with E-state index in [1.807, 2.05) is 56.3 Å². The highest BCUT2D eigenvalue weighted by Gasteiger charge is 2.27. The Kier molecular flexibility index (Phi) is 6.61. The van der Waals surface area contributed by atoms with E-state index in [1.165, 1.54) is 24.3 Å². The number of benzene rings is 3. The summed E-state index contributed by atoms with van der Waals surface area (Å²) >= 11 is 0. The van der Waals surface area contributed by atoms with E-state index in [-0.39, 0.29) is 18.1 Å². The number of halogens is 1. The molecule has 3 N–H and O–H groups in total. The zero-order chi connectivity index (χ0) is 26.8. The van der Waals surface area contributed by atoms with Gasteiger partial charge in [0.05, 0.1) is 12.2 Å². The topological polar surface area (TPSA) is 102 Å². The van der Waals surface area contributed by atoms with E-state index in [4.69, 9.17) is 0 Å². The van der Waals surface area contributed by atoms with Crippen LogP contribution in [0.2, 0.25) is 0 Å². The van der Waals surface area contributed by atoms with Gasteiger partial charge in [0.2, 0.25) is 5.95 Å². The van der Waals surface area contributed by atoms with Gasteiger partial charge in [0.1, 0.15) is 11.6 Å². The van der Waals surface area contributed by atoms with Gasteiger partial charge in [-0.2, -0.15) is 4.98 Å². The standard InChI is InChI=1S/C28H26FN7O2/c1-17-10-11-22(31-26(37)18-6-4-7-20(29)12-18)14-24(17)36-16-19-15-30-27(33-25(19)34-28(36)38)32-21-8-5-9-23(13-21)35(2)3/h4-15H,16H2,1-3H3,(H,31,37)(H2,30,32,33,34,38). The molecule has 0 unspecified atom stereocenters. The Labute approximate surface area is 219 Å². The largest absolute Gasteiger partial charge is 0.378 e. The third-order valence-electron chi connectivity index (χ3n) is 6.13. The van der Waals surface area contributed by atoms with Gasteiger partial charge in [0, 0.05) is 48.5 Å². The molecule has 0 saturated carbocycles. The lowest BCUT2D eigenvalue weighted by molar-refractivity contribution is 0.102. The van der Waals surface area contributed by atoms with Gasteiger partial charge >= 0.3 is 6.03 Å². The maximum atomic E-state index is 13.5. The lowest BCUT2D eigenvalue weighted by Gasteiger charge is -2.30. The Morgan fingerprint density at radius 2 is 1.87 bits per heavy atom. The fourth-order valence-electron chi connectivity index (χ4n) is 4.10. The molecule has 1 aliphatic rings. The molecule has 0 fully saturated rings. The molecule has 2 heterocycles. The minimum absolute atomic E-state index is 0.201. The van der Waals surface area contributed by atoms with Crippen LogP contribution in [-0.2, 0) is 6.54 Å². The first kappa shape index (κ1) is 24.7. The molecule has 1 aliphatic heterocycles. The Balaban J connectivity index is 1.34. The number of aryl methyl sites for hydroxylation is 1. The Hall–Kier alpha value is -4.99. The Bertz CT molecular complexity index is 1540. The van der Waals surface area contributed by atoms with Crippen molar-refractivity contribution in [1.82, 2.24) is 9.97 Å². The maximum absolute atomic E-state index is 13.5. The number of anilines is 6. The molecule has 0 radical (unpaired) electrons. The van der Waals surface area contributed by atoms with Gasteiger partial charge in [-0.05, 0) is 61.0 Å². The van der Waals surface area contributed by atoms with Gasteiger partial charge in [0.25, 0.3) is 5.91 Å². The van der Waals surface area contributed by atoms with Crippen LogP contribution in [0.15, 0.2) is 72.9 Å². The number of hydrogen-bond donors (Lipinski definition) is 3. The average Bonchev–Trinajstić information content (AvgIpc) is 2.89. The van der Waals surface area contributed by atoms with Crippen LogP contribution in [0.4, 0.5) is 43.7 Å². The van der Waals surface area contributed by atoms with E-state index in [2.05, 4.69) is 25.9 Å². The number of fused-ring (bicyclic) bond motifs is 1. The van der Waals surface area contributed by atoms with Crippen molar-refractivity contribution in [2.24, 2.45) is 0 Å². The molecule has 10 heteroatoms. The van der Waals surface area contributed by atoms with Crippen LogP contribution >= 0.6 is 0 Å². The number of amides is 3. The van der Waals surface area contributed by atoms with Crippen molar-refractivity contribution in [1.29, 1.82) is 0 Å². The second kappa shape index (κ2) is 10.2. The molecule has 0 saturated heterocycles. The van der Waals surface area contributed by atoms with Crippen LogP contribution < -0.4 is 25.8 Å². The number of aromatic nitrogens is 2. The van der Waals surface area contributed by atoms with E-state index in [9.17, 15) is 14.0 Å². The van der Waals surface area contributed by atoms with Gasteiger partial charge in [-0.1, -0.05) is 18.2 Å². The Morgan fingerprint density at radius 3 is 2.66 bits per heavy atom. The molecule has 1 aromatic heterocycles. The fraction of sp³-hybridized carbons (Fsp3) is 0.143. The molecule has 3 aromatic carbocycles. The molecule has 0 bridgehead atoms. The highest BCUT2D eigenvalue weighted by atomic mass is 19.1. The molecule has 0 atom stereocenters. The van der Waals surface area contributed by atoms with Crippen molar-refractivity contribution in [3.05, 3.63) is 95.4 Å². The molecule has 0 aliphatic carbocycles. The summed E-state index contributed by atoms with van der Waals surface area (Å²) in [4.78, 5) is 38.2. The van der Waals surface area contributed by atoms with Crippen molar-refractivity contribution in [2.45, 2.75) is 13.5 Å². The first-order valence-corrected chi connectivity index (χ1v) is 11.9. The third-order valence-corrected chi connectivity index (χ3v) is 6.13. The summed E-state index contributed by atoms with van der Waals surface area (Å²) in [7, 11) is 3.93. The van der Waals surface area contributed by atoms with E-state index in [0.717, 1.165) is 22.5 Å². The number of urea groups is 1. The van der Waals surface area contributed by atoms with E-state index in [0.29, 0.717) is 23.1 Å². The summed E-state index contributed by atoms with van der Waals surface area (Å²) in [6.45, 7) is 2.13. The molecule has 192 valence electrons. The number of carbonyl (C=O) groups excluding carboxylic acids is 2. The molecule has 5 rings (SSSR count). The number of carbonyl (C=O) groups is 2. The van der Waals surface area contributed by atoms with Crippen LogP contribution in [0.1, 0.15) is 21.5 Å². The van der Waals surface area contributed by atoms with Gasteiger partial charge in [-0.15, -0.1) is 0 Å². The van der Waals surface area contributed by atoms with Crippen molar-refractivity contribution in [2.75, 3.05) is 39.8 Å². The highest BCUT2D eigenvalue weighted by molar-refractivity contribution is 6.06. The molecule has 3 amide bonds. The fourth-order valence-corrected chi connectivity index (χ4v) is 4.10. The smallest absolute Gasteiger partial charge is 0.327 e. The number of hydrogen-bond acceptors (Lipinski definition) is 6. The summed E-state index contributed by atoms with van der Waals surface area (Å²) < 4.78 is 13.5. The van der Waals surface area contributed by atoms with Crippen molar-refractivity contribution in [3.63, 3.8) is 0 Å². The SMILES string of the molecule is Cc1ccc(NC(=O)c2cccc(F)c2)cc1N1Cc2cnc(Nc3cccc(N(C)C)c3)nc2NC1=O. The number of nitrogens with zero attached hydrogens (tertiary/aromatic N) is 4.